The quantitative estimate of drug-likeness (QED) is 0.799. The van der Waals surface area contributed by atoms with Crippen LogP contribution in [-0.2, 0) is 14.8 Å². The fraction of sp³-hybridized carbons (Fsp3) is 0.500. The lowest BCUT2D eigenvalue weighted by Crippen LogP contribution is -2.43. The smallest absolute Gasteiger partial charge is 0.303 e. The van der Waals surface area contributed by atoms with Crippen LogP contribution in [-0.4, -0.2) is 39.1 Å². The molecule has 118 valence electrons. The first-order valence-electron chi connectivity index (χ1n) is 6.57. The molecule has 1 aromatic rings. The number of anilines is 1. The zero-order chi connectivity index (χ0) is 16.3. The van der Waals surface area contributed by atoms with E-state index >= 15 is 0 Å². The van der Waals surface area contributed by atoms with E-state index in [2.05, 4.69) is 4.72 Å². The molecule has 0 aliphatic rings. The summed E-state index contributed by atoms with van der Waals surface area (Å²) in [6.45, 7) is 3.34. The summed E-state index contributed by atoms with van der Waals surface area (Å²) in [5.41, 5.74) is -0.0491. The SMILES string of the molecule is CN(C)c1cccc(S(=O)(=O)NC(C)(C)CCC(=O)O)c1. The Morgan fingerprint density at radius 2 is 1.95 bits per heavy atom. The number of carboxylic acid groups (broad SMARTS) is 1. The second-order valence-electron chi connectivity index (χ2n) is 5.77. The van der Waals surface area contributed by atoms with Crippen molar-refractivity contribution in [2.45, 2.75) is 37.1 Å². The molecule has 1 rings (SSSR count). The summed E-state index contributed by atoms with van der Waals surface area (Å²) in [5, 5.41) is 8.71. The Labute approximate surface area is 125 Å². The van der Waals surface area contributed by atoms with Crippen LogP contribution in [0.1, 0.15) is 26.7 Å². The fourth-order valence-electron chi connectivity index (χ4n) is 1.82. The van der Waals surface area contributed by atoms with Crippen molar-refractivity contribution in [2.75, 3.05) is 19.0 Å². The minimum atomic E-state index is -3.69. The van der Waals surface area contributed by atoms with Crippen LogP contribution >= 0.6 is 0 Å². The standard InChI is InChI=1S/C14H22N2O4S/c1-14(2,9-8-13(17)18)15-21(19,20)12-7-5-6-11(10-12)16(3)4/h5-7,10,15H,8-9H2,1-4H3,(H,17,18). The van der Waals surface area contributed by atoms with Gasteiger partial charge in [-0.1, -0.05) is 6.07 Å². The van der Waals surface area contributed by atoms with Crippen molar-refractivity contribution in [1.29, 1.82) is 0 Å². The van der Waals surface area contributed by atoms with E-state index in [0.29, 0.717) is 0 Å². The molecule has 0 saturated heterocycles. The lowest BCUT2D eigenvalue weighted by molar-refractivity contribution is -0.137. The predicted molar refractivity (Wildman–Crippen MR) is 82.0 cm³/mol. The highest BCUT2D eigenvalue weighted by molar-refractivity contribution is 7.89. The number of benzene rings is 1. The van der Waals surface area contributed by atoms with E-state index in [1.165, 1.54) is 6.07 Å². The third-order valence-corrected chi connectivity index (χ3v) is 4.71. The van der Waals surface area contributed by atoms with Gasteiger partial charge in [-0.3, -0.25) is 4.79 Å². The molecule has 0 unspecified atom stereocenters. The monoisotopic (exact) mass is 314 g/mol. The first kappa shape index (κ1) is 17.5. The molecule has 0 fully saturated rings. The summed E-state index contributed by atoms with van der Waals surface area (Å²) in [6, 6.07) is 6.58. The number of carbonyl (C=O) groups is 1. The Bertz CT molecular complexity index is 609. The summed E-state index contributed by atoms with van der Waals surface area (Å²) in [4.78, 5) is 12.6. The summed E-state index contributed by atoms with van der Waals surface area (Å²) >= 11 is 0. The van der Waals surface area contributed by atoms with Crippen LogP contribution in [0.4, 0.5) is 5.69 Å². The van der Waals surface area contributed by atoms with Gasteiger partial charge in [0.25, 0.3) is 0 Å². The van der Waals surface area contributed by atoms with Crippen LogP contribution < -0.4 is 9.62 Å². The molecule has 0 spiro atoms. The number of carboxylic acids is 1. The molecular weight excluding hydrogens is 292 g/mol. The molecule has 0 aromatic heterocycles. The summed E-state index contributed by atoms with van der Waals surface area (Å²) in [6.07, 6.45) is 0.127. The number of hydrogen-bond acceptors (Lipinski definition) is 4. The van der Waals surface area contributed by atoms with Gasteiger partial charge < -0.3 is 10.0 Å². The molecule has 0 radical (unpaired) electrons. The molecule has 6 nitrogen and oxygen atoms in total. The average molecular weight is 314 g/mol. The number of hydrogen-bond donors (Lipinski definition) is 2. The molecule has 0 aliphatic heterocycles. The summed E-state index contributed by atoms with van der Waals surface area (Å²) < 4.78 is 27.3. The molecule has 7 heteroatoms. The fourth-order valence-corrected chi connectivity index (χ4v) is 3.30. The molecule has 0 amide bonds. The first-order chi connectivity index (χ1) is 9.53. The van der Waals surface area contributed by atoms with E-state index in [4.69, 9.17) is 5.11 Å². The first-order valence-corrected chi connectivity index (χ1v) is 8.05. The van der Waals surface area contributed by atoms with Gasteiger partial charge in [-0.2, -0.15) is 0 Å². The predicted octanol–water partition coefficient (Wildman–Crippen LogP) is 1.67. The number of rotatable bonds is 7. The average Bonchev–Trinajstić information content (AvgIpc) is 2.35. The third kappa shape index (κ3) is 5.35. The zero-order valence-electron chi connectivity index (χ0n) is 12.8. The molecule has 21 heavy (non-hydrogen) atoms. The van der Waals surface area contributed by atoms with E-state index in [9.17, 15) is 13.2 Å². The maximum Gasteiger partial charge on any atom is 0.303 e. The van der Waals surface area contributed by atoms with Gasteiger partial charge in [-0.25, -0.2) is 13.1 Å². The van der Waals surface area contributed by atoms with Gasteiger partial charge in [0, 0.05) is 31.7 Å². The molecule has 2 N–H and O–H groups in total. The van der Waals surface area contributed by atoms with Crippen molar-refractivity contribution in [3.05, 3.63) is 24.3 Å². The van der Waals surface area contributed by atoms with Crippen LogP contribution in [0.5, 0.6) is 0 Å². The zero-order valence-corrected chi connectivity index (χ0v) is 13.6. The van der Waals surface area contributed by atoms with E-state index in [1.807, 2.05) is 25.1 Å². The minimum Gasteiger partial charge on any atom is -0.481 e. The van der Waals surface area contributed by atoms with Crippen LogP contribution in [0.15, 0.2) is 29.2 Å². The Morgan fingerprint density at radius 1 is 1.33 bits per heavy atom. The van der Waals surface area contributed by atoms with Crippen molar-refractivity contribution < 1.29 is 18.3 Å². The molecule has 0 saturated carbocycles. The highest BCUT2D eigenvalue weighted by atomic mass is 32.2. The van der Waals surface area contributed by atoms with Gasteiger partial charge in [0.05, 0.1) is 4.90 Å². The van der Waals surface area contributed by atoms with Gasteiger partial charge >= 0.3 is 5.97 Å². The lowest BCUT2D eigenvalue weighted by Gasteiger charge is -2.25. The molecule has 0 bridgehead atoms. The van der Waals surface area contributed by atoms with Crippen molar-refractivity contribution in [3.8, 4) is 0 Å². The molecule has 1 aromatic carbocycles. The Balaban J connectivity index is 2.95. The maximum absolute atomic E-state index is 12.4. The number of nitrogens with one attached hydrogen (secondary N) is 1. The summed E-state index contributed by atoms with van der Waals surface area (Å²) in [5.74, 6) is -0.947. The Hall–Kier alpha value is -1.60. The topological polar surface area (TPSA) is 86.7 Å². The molecule has 0 aliphatic carbocycles. The van der Waals surface area contributed by atoms with Crippen molar-refractivity contribution >= 4 is 21.7 Å². The van der Waals surface area contributed by atoms with Gasteiger partial charge in [-0.05, 0) is 38.5 Å². The highest BCUT2D eigenvalue weighted by Crippen LogP contribution is 2.20. The van der Waals surface area contributed by atoms with Crippen LogP contribution in [0.3, 0.4) is 0 Å². The van der Waals surface area contributed by atoms with E-state index < -0.39 is 21.5 Å². The Kier molecular flexibility index (Phi) is 5.36. The second kappa shape index (κ2) is 6.44. The molecular formula is C14H22N2O4S. The third-order valence-electron chi connectivity index (χ3n) is 3.02. The van der Waals surface area contributed by atoms with Crippen LogP contribution in [0, 0.1) is 0 Å². The Morgan fingerprint density at radius 3 is 2.48 bits per heavy atom. The molecule has 0 heterocycles. The number of aliphatic carboxylic acids is 1. The van der Waals surface area contributed by atoms with Gasteiger partial charge in [0.2, 0.25) is 10.0 Å². The molecule has 0 atom stereocenters. The van der Waals surface area contributed by atoms with Crippen LogP contribution in [0.2, 0.25) is 0 Å². The highest BCUT2D eigenvalue weighted by Gasteiger charge is 2.27. The second-order valence-corrected chi connectivity index (χ2v) is 7.46. The van der Waals surface area contributed by atoms with Gasteiger partial charge in [0.15, 0.2) is 0 Å². The largest absolute Gasteiger partial charge is 0.481 e. The normalized spacial score (nSPS) is 12.2. The van der Waals surface area contributed by atoms with Gasteiger partial charge in [-0.15, -0.1) is 0 Å². The lowest BCUT2D eigenvalue weighted by atomic mass is 10.0. The van der Waals surface area contributed by atoms with Crippen molar-refractivity contribution in [1.82, 2.24) is 4.72 Å². The van der Waals surface area contributed by atoms with Crippen molar-refractivity contribution in [2.24, 2.45) is 0 Å². The summed E-state index contributed by atoms with van der Waals surface area (Å²) in [7, 11) is -0.0328. The maximum atomic E-state index is 12.4. The number of sulfonamides is 1. The minimum absolute atomic E-state index is 0.0900. The number of nitrogens with zero attached hydrogens (tertiary/aromatic N) is 1. The van der Waals surface area contributed by atoms with Gasteiger partial charge in [0.1, 0.15) is 0 Å². The van der Waals surface area contributed by atoms with E-state index in [-0.39, 0.29) is 17.7 Å². The van der Waals surface area contributed by atoms with Crippen molar-refractivity contribution in [3.63, 3.8) is 0 Å². The van der Waals surface area contributed by atoms with Crippen LogP contribution in [0.25, 0.3) is 0 Å². The van der Waals surface area contributed by atoms with E-state index in [1.54, 1.807) is 26.0 Å². The van der Waals surface area contributed by atoms with E-state index in [0.717, 1.165) is 5.69 Å².